The molecule has 1 rings (SSSR count). The summed E-state index contributed by atoms with van der Waals surface area (Å²) in [7, 11) is 0. The van der Waals surface area contributed by atoms with Crippen molar-refractivity contribution in [1.29, 1.82) is 0 Å². The van der Waals surface area contributed by atoms with Gasteiger partial charge in [-0.15, -0.1) is 11.8 Å². The molecule has 104 valence electrons. The van der Waals surface area contributed by atoms with Gasteiger partial charge in [0.05, 0.1) is 5.37 Å². The Kier molecular flexibility index (Phi) is 5.31. The lowest BCUT2D eigenvalue weighted by Crippen LogP contribution is -2.52. The van der Waals surface area contributed by atoms with Crippen LogP contribution in [0.1, 0.15) is 34.1 Å². The SMILES string of the molecule is CCC(C)C(C)NC(=O)N1C(C)SCC1C(=O)O. The van der Waals surface area contributed by atoms with Crippen molar-refractivity contribution in [2.45, 2.75) is 51.6 Å². The van der Waals surface area contributed by atoms with Crippen LogP contribution in [0.2, 0.25) is 0 Å². The zero-order chi connectivity index (χ0) is 13.9. The summed E-state index contributed by atoms with van der Waals surface area (Å²) in [6.07, 6.45) is 0.980. The fourth-order valence-electron chi connectivity index (χ4n) is 1.91. The van der Waals surface area contributed by atoms with Crippen LogP contribution in [0.25, 0.3) is 0 Å². The van der Waals surface area contributed by atoms with Crippen LogP contribution < -0.4 is 5.32 Å². The average Bonchev–Trinajstić information content (AvgIpc) is 2.69. The van der Waals surface area contributed by atoms with Crippen molar-refractivity contribution in [2.75, 3.05) is 5.75 Å². The van der Waals surface area contributed by atoms with Crippen molar-refractivity contribution in [3.63, 3.8) is 0 Å². The molecule has 1 fully saturated rings. The molecular weight excluding hydrogens is 252 g/mol. The Morgan fingerprint density at radius 2 is 2.11 bits per heavy atom. The average molecular weight is 274 g/mol. The third-order valence-corrected chi connectivity index (χ3v) is 4.81. The summed E-state index contributed by atoms with van der Waals surface area (Å²) in [4.78, 5) is 24.7. The highest BCUT2D eigenvalue weighted by Gasteiger charge is 2.39. The smallest absolute Gasteiger partial charge is 0.327 e. The first kappa shape index (κ1) is 15.1. The first-order chi connectivity index (χ1) is 8.38. The Labute approximate surface area is 112 Å². The second-order valence-electron chi connectivity index (χ2n) is 4.82. The summed E-state index contributed by atoms with van der Waals surface area (Å²) in [5, 5.41) is 11.9. The Morgan fingerprint density at radius 1 is 1.50 bits per heavy atom. The number of carboxylic acids is 1. The van der Waals surface area contributed by atoms with Crippen LogP contribution in [-0.4, -0.2) is 45.2 Å². The molecule has 4 atom stereocenters. The molecule has 1 aliphatic rings. The topological polar surface area (TPSA) is 69.6 Å². The number of aliphatic carboxylic acids is 1. The number of rotatable bonds is 4. The summed E-state index contributed by atoms with van der Waals surface area (Å²) in [5.74, 6) is -0.0947. The van der Waals surface area contributed by atoms with Crippen molar-refractivity contribution in [1.82, 2.24) is 10.2 Å². The van der Waals surface area contributed by atoms with Gasteiger partial charge in [0.15, 0.2) is 0 Å². The minimum absolute atomic E-state index is 0.0507. The van der Waals surface area contributed by atoms with Gasteiger partial charge in [0.25, 0.3) is 0 Å². The number of hydrogen-bond donors (Lipinski definition) is 2. The molecule has 5 nitrogen and oxygen atoms in total. The Morgan fingerprint density at radius 3 is 2.61 bits per heavy atom. The molecule has 0 aliphatic carbocycles. The Hall–Kier alpha value is -0.910. The van der Waals surface area contributed by atoms with Crippen LogP contribution in [0.15, 0.2) is 0 Å². The van der Waals surface area contributed by atoms with Gasteiger partial charge in [0.2, 0.25) is 0 Å². The van der Waals surface area contributed by atoms with Crippen molar-refractivity contribution >= 4 is 23.8 Å². The van der Waals surface area contributed by atoms with Crippen LogP contribution in [0.3, 0.4) is 0 Å². The number of nitrogens with zero attached hydrogens (tertiary/aromatic N) is 1. The van der Waals surface area contributed by atoms with Crippen LogP contribution in [0.5, 0.6) is 0 Å². The molecule has 0 bridgehead atoms. The molecule has 1 saturated heterocycles. The maximum absolute atomic E-state index is 12.1. The van der Waals surface area contributed by atoms with Gasteiger partial charge in [-0.25, -0.2) is 9.59 Å². The quantitative estimate of drug-likeness (QED) is 0.822. The van der Waals surface area contributed by atoms with E-state index in [-0.39, 0.29) is 17.4 Å². The van der Waals surface area contributed by atoms with Gasteiger partial charge in [0.1, 0.15) is 6.04 Å². The van der Waals surface area contributed by atoms with Gasteiger partial charge in [-0.3, -0.25) is 4.90 Å². The molecule has 0 aromatic carbocycles. The second-order valence-corrected chi connectivity index (χ2v) is 6.17. The fraction of sp³-hybridized carbons (Fsp3) is 0.833. The number of urea groups is 1. The highest BCUT2D eigenvalue weighted by atomic mass is 32.2. The number of carbonyl (C=O) groups excluding carboxylic acids is 1. The van der Waals surface area contributed by atoms with Crippen molar-refractivity contribution < 1.29 is 14.7 Å². The molecule has 1 heterocycles. The van der Waals surface area contributed by atoms with E-state index in [9.17, 15) is 9.59 Å². The van der Waals surface area contributed by atoms with Crippen molar-refractivity contribution in [3.05, 3.63) is 0 Å². The lowest BCUT2D eigenvalue weighted by molar-refractivity contribution is -0.141. The van der Waals surface area contributed by atoms with Gasteiger partial charge in [0, 0.05) is 11.8 Å². The number of thioether (sulfide) groups is 1. The number of carboxylic acid groups (broad SMARTS) is 1. The van der Waals surface area contributed by atoms with Gasteiger partial charge in [-0.1, -0.05) is 20.3 Å². The minimum atomic E-state index is -0.932. The third kappa shape index (κ3) is 3.31. The number of hydrogen-bond acceptors (Lipinski definition) is 3. The van der Waals surface area contributed by atoms with Crippen LogP contribution in [0, 0.1) is 5.92 Å². The molecule has 0 spiro atoms. The molecule has 2 N–H and O–H groups in total. The summed E-state index contributed by atoms with van der Waals surface area (Å²) in [6, 6.07) is -0.934. The molecule has 2 amide bonds. The van der Waals surface area contributed by atoms with Gasteiger partial charge < -0.3 is 10.4 Å². The first-order valence-corrected chi connectivity index (χ1v) is 7.36. The molecule has 0 aromatic heterocycles. The monoisotopic (exact) mass is 274 g/mol. The summed E-state index contributed by atoms with van der Waals surface area (Å²) >= 11 is 1.50. The van der Waals surface area contributed by atoms with Gasteiger partial charge in [-0.2, -0.15) is 0 Å². The number of nitrogens with one attached hydrogen (secondary N) is 1. The second kappa shape index (κ2) is 6.31. The summed E-state index contributed by atoms with van der Waals surface area (Å²) in [6.45, 7) is 7.96. The molecule has 6 heteroatoms. The Balaban J connectivity index is 2.67. The van der Waals surface area contributed by atoms with E-state index in [4.69, 9.17) is 5.11 Å². The molecule has 0 radical (unpaired) electrons. The molecular formula is C12H22N2O3S. The highest BCUT2D eigenvalue weighted by molar-refractivity contribution is 8.00. The minimum Gasteiger partial charge on any atom is -0.480 e. The lowest BCUT2D eigenvalue weighted by atomic mass is 10.0. The van der Waals surface area contributed by atoms with Crippen molar-refractivity contribution in [3.8, 4) is 0 Å². The van der Waals surface area contributed by atoms with E-state index in [2.05, 4.69) is 19.2 Å². The summed E-state index contributed by atoms with van der Waals surface area (Å²) < 4.78 is 0. The zero-order valence-corrected chi connectivity index (χ0v) is 12.2. The zero-order valence-electron chi connectivity index (χ0n) is 11.3. The largest absolute Gasteiger partial charge is 0.480 e. The summed E-state index contributed by atoms with van der Waals surface area (Å²) in [5.41, 5.74) is 0. The van der Waals surface area contributed by atoms with Crippen LogP contribution in [-0.2, 0) is 4.79 Å². The number of carbonyl (C=O) groups is 2. The molecule has 4 unspecified atom stereocenters. The van der Waals surface area contributed by atoms with Gasteiger partial charge in [-0.05, 0) is 19.8 Å². The normalized spacial score (nSPS) is 26.8. The molecule has 18 heavy (non-hydrogen) atoms. The van der Waals surface area contributed by atoms with E-state index < -0.39 is 12.0 Å². The lowest BCUT2D eigenvalue weighted by Gasteiger charge is -2.28. The van der Waals surface area contributed by atoms with E-state index in [1.807, 2.05) is 13.8 Å². The van der Waals surface area contributed by atoms with Gasteiger partial charge >= 0.3 is 12.0 Å². The van der Waals surface area contributed by atoms with E-state index in [0.29, 0.717) is 11.7 Å². The van der Waals surface area contributed by atoms with E-state index in [0.717, 1.165) is 6.42 Å². The van der Waals surface area contributed by atoms with Crippen LogP contribution >= 0.6 is 11.8 Å². The van der Waals surface area contributed by atoms with Crippen LogP contribution in [0.4, 0.5) is 4.79 Å². The van der Waals surface area contributed by atoms with E-state index in [1.54, 1.807) is 0 Å². The molecule has 0 saturated carbocycles. The maximum atomic E-state index is 12.1. The predicted molar refractivity (Wildman–Crippen MR) is 72.6 cm³/mol. The third-order valence-electron chi connectivity index (χ3n) is 3.59. The molecule has 0 aromatic rings. The Bertz CT molecular complexity index is 324. The van der Waals surface area contributed by atoms with E-state index >= 15 is 0 Å². The van der Waals surface area contributed by atoms with Crippen molar-refractivity contribution in [2.24, 2.45) is 5.92 Å². The van der Waals surface area contributed by atoms with E-state index in [1.165, 1.54) is 16.7 Å². The fourth-order valence-corrected chi connectivity index (χ4v) is 3.07. The molecule has 1 aliphatic heterocycles. The number of amides is 2. The first-order valence-electron chi connectivity index (χ1n) is 6.31. The standard InChI is InChI=1S/C12H22N2O3S/c1-5-7(2)8(3)13-12(17)14-9(4)18-6-10(14)11(15)16/h7-10H,5-6H2,1-4H3,(H,13,17)(H,15,16). The predicted octanol–water partition coefficient (Wildman–Crippen LogP) is 1.98. The maximum Gasteiger partial charge on any atom is 0.327 e. The highest BCUT2D eigenvalue weighted by Crippen LogP contribution is 2.28.